The van der Waals surface area contributed by atoms with E-state index in [9.17, 15) is 13.2 Å². The number of benzene rings is 2. The van der Waals surface area contributed by atoms with E-state index in [1.54, 1.807) is 12.1 Å². The molecule has 0 spiro atoms. The van der Waals surface area contributed by atoms with E-state index in [0.717, 1.165) is 17.7 Å². The number of piperidine rings is 1. The molecule has 0 bridgehead atoms. The molecule has 0 saturated carbocycles. The maximum absolute atomic E-state index is 13.4. The molecule has 1 aliphatic heterocycles. The third kappa shape index (κ3) is 5.10. The molecule has 1 saturated heterocycles. The van der Waals surface area contributed by atoms with Gasteiger partial charge in [0.05, 0.1) is 7.11 Å². The Morgan fingerprint density at radius 1 is 1.10 bits per heavy atom. The molecule has 0 aromatic heterocycles. The van der Waals surface area contributed by atoms with Crippen LogP contribution in [0.5, 0.6) is 5.75 Å². The molecular weight excluding hydrogens is 412 g/mol. The van der Waals surface area contributed by atoms with Gasteiger partial charge in [0.1, 0.15) is 10.6 Å². The number of anilines is 1. The summed E-state index contributed by atoms with van der Waals surface area (Å²) in [6.07, 6.45) is 1.00. The van der Waals surface area contributed by atoms with Gasteiger partial charge in [-0.2, -0.15) is 4.31 Å². The standard InChI is InChI=1S/C24H32N2O4S/c1-16(2)20-8-6-7-9-21(20)25-24(27)19-10-11-22(30-5)23(13-19)31(28,29)26-14-17(3)12-18(4)15-26/h6-11,13,16-18H,12,14-15H2,1-5H3,(H,25,27). The minimum atomic E-state index is -3.79. The van der Waals surface area contributed by atoms with Gasteiger partial charge in [0.2, 0.25) is 10.0 Å². The number of methoxy groups -OCH3 is 1. The lowest BCUT2D eigenvalue weighted by Gasteiger charge is -2.34. The second kappa shape index (κ2) is 9.40. The van der Waals surface area contributed by atoms with E-state index >= 15 is 0 Å². The normalized spacial score (nSPS) is 19.9. The number of para-hydroxylation sites is 1. The summed E-state index contributed by atoms with van der Waals surface area (Å²) < 4.78 is 33.8. The van der Waals surface area contributed by atoms with Crippen LogP contribution in [0.4, 0.5) is 5.69 Å². The smallest absolute Gasteiger partial charge is 0.255 e. The topological polar surface area (TPSA) is 75.7 Å². The van der Waals surface area contributed by atoms with Gasteiger partial charge in [-0.3, -0.25) is 4.79 Å². The molecule has 2 aromatic carbocycles. The molecule has 1 aliphatic rings. The number of carbonyl (C=O) groups is 1. The molecule has 1 N–H and O–H groups in total. The Balaban J connectivity index is 1.95. The van der Waals surface area contributed by atoms with Crippen LogP contribution < -0.4 is 10.1 Å². The lowest BCUT2D eigenvalue weighted by molar-refractivity contribution is 0.102. The first-order valence-electron chi connectivity index (χ1n) is 10.7. The fourth-order valence-corrected chi connectivity index (χ4v) is 6.13. The Morgan fingerprint density at radius 2 is 1.74 bits per heavy atom. The van der Waals surface area contributed by atoms with Crippen molar-refractivity contribution in [3.63, 3.8) is 0 Å². The average Bonchev–Trinajstić information content (AvgIpc) is 2.72. The molecule has 2 atom stereocenters. The summed E-state index contributed by atoms with van der Waals surface area (Å²) >= 11 is 0. The van der Waals surface area contributed by atoms with Gasteiger partial charge in [-0.25, -0.2) is 8.42 Å². The molecule has 6 nitrogen and oxygen atoms in total. The van der Waals surface area contributed by atoms with Gasteiger partial charge in [-0.15, -0.1) is 0 Å². The van der Waals surface area contributed by atoms with Crippen LogP contribution in [-0.4, -0.2) is 38.8 Å². The van der Waals surface area contributed by atoms with E-state index in [1.807, 2.05) is 24.3 Å². The monoisotopic (exact) mass is 444 g/mol. The zero-order chi connectivity index (χ0) is 22.8. The molecule has 7 heteroatoms. The van der Waals surface area contributed by atoms with Gasteiger partial charge >= 0.3 is 0 Å². The van der Waals surface area contributed by atoms with Crippen LogP contribution in [0, 0.1) is 11.8 Å². The van der Waals surface area contributed by atoms with Crippen molar-refractivity contribution in [2.45, 2.75) is 44.9 Å². The summed E-state index contributed by atoms with van der Waals surface area (Å²) in [6.45, 7) is 9.17. The van der Waals surface area contributed by atoms with E-state index in [1.165, 1.54) is 17.5 Å². The molecule has 0 radical (unpaired) electrons. The molecule has 1 heterocycles. The quantitative estimate of drug-likeness (QED) is 0.698. The number of nitrogens with one attached hydrogen (secondary N) is 1. The largest absolute Gasteiger partial charge is 0.495 e. The molecule has 31 heavy (non-hydrogen) atoms. The minimum Gasteiger partial charge on any atom is -0.495 e. The van der Waals surface area contributed by atoms with Gasteiger partial charge in [-0.05, 0) is 54.0 Å². The van der Waals surface area contributed by atoms with Crippen LogP contribution in [0.2, 0.25) is 0 Å². The summed E-state index contributed by atoms with van der Waals surface area (Å²) in [6, 6.07) is 12.2. The maximum Gasteiger partial charge on any atom is 0.255 e. The van der Waals surface area contributed by atoms with Crippen LogP contribution in [0.25, 0.3) is 0 Å². The van der Waals surface area contributed by atoms with Gasteiger partial charge in [0.25, 0.3) is 5.91 Å². The average molecular weight is 445 g/mol. The summed E-state index contributed by atoms with van der Waals surface area (Å²) in [5.74, 6) is 0.691. The van der Waals surface area contributed by atoms with Crippen LogP contribution >= 0.6 is 0 Å². The van der Waals surface area contributed by atoms with Crippen LogP contribution in [0.1, 0.15) is 56.0 Å². The highest BCUT2D eigenvalue weighted by molar-refractivity contribution is 7.89. The Hall–Kier alpha value is -2.38. The zero-order valence-electron chi connectivity index (χ0n) is 18.9. The third-order valence-electron chi connectivity index (χ3n) is 5.71. The zero-order valence-corrected chi connectivity index (χ0v) is 19.7. The summed E-state index contributed by atoms with van der Waals surface area (Å²) in [4.78, 5) is 13.0. The Morgan fingerprint density at radius 3 is 2.35 bits per heavy atom. The maximum atomic E-state index is 13.4. The van der Waals surface area contributed by atoms with Crippen molar-refractivity contribution in [1.82, 2.24) is 4.31 Å². The predicted octanol–water partition coefficient (Wildman–Crippen LogP) is 4.74. The Kier molecular flexibility index (Phi) is 7.06. The van der Waals surface area contributed by atoms with Crippen molar-refractivity contribution in [1.29, 1.82) is 0 Å². The molecular formula is C24H32N2O4S. The van der Waals surface area contributed by atoms with E-state index < -0.39 is 10.0 Å². The summed E-state index contributed by atoms with van der Waals surface area (Å²) in [5.41, 5.74) is 2.02. The van der Waals surface area contributed by atoms with Crippen molar-refractivity contribution < 1.29 is 17.9 Å². The fraction of sp³-hybridized carbons (Fsp3) is 0.458. The number of hydrogen-bond acceptors (Lipinski definition) is 4. The van der Waals surface area contributed by atoms with Gasteiger partial charge in [0.15, 0.2) is 0 Å². The number of ether oxygens (including phenoxy) is 1. The second-order valence-electron chi connectivity index (χ2n) is 8.83. The van der Waals surface area contributed by atoms with E-state index in [4.69, 9.17) is 4.74 Å². The summed E-state index contributed by atoms with van der Waals surface area (Å²) in [5, 5.41) is 2.93. The van der Waals surface area contributed by atoms with Crippen molar-refractivity contribution >= 4 is 21.6 Å². The van der Waals surface area contributed by atoms with E-state index in [-0.39, 0.29) is 39.9 Å². The molecule has 1 amide bonds. The highest BCUT2D eigenvalue weighted by Crippen LogP contribution is 2.32. The number of rotatable bonds is 6. The molecule has 0 aliphatic carbocycles. The lowest BCUT2D eigenvalue weighted by Crippen LogP contribution is -2.42. The number of hydrogen-bond donors (Lipinski definition) is 1. The summed E-state index contributed by atoms with van der Waals surface area (Å²) in [7, 11) is -2.35. The number of amides is 1. The van der Waals surface area contributed by atoms with Crippen molar-refractivity contribution in [2.75, 3.05) is 25.5 Å². The van der Waals surface area contributed by atoms with Gasteiger partial charge in [0, 0.05) is 24.3 Å². The van der Waals surface area contributed by atoms with Crippen LogP contribution in [0.3, 0.4) is 0 Å². The van der Waals surface area contributed by atoms with Crippen molar-refractivity contribution in [3.8, 4) is 5.75 Å². The van der Waals surface area contributed by atoms with E-state index in [2.05, 4.69) is 33.0 Å². The molecule has 168 valence electrons. The number of carbonyl (C=O) groups excluding carboxylic acids is 1. The first-order chi connectivity index (χ1) is 14.6. The molecule has 2 unspecified atom stereocenters. The second-order valence-corrected chi connectivity index (χ2v) is 10.7. The van der Waals surface area contributed by atoms with Crippen LogP contribution in [0.15, 0.2) is 47.4 Å². The van der Waals surface area contributed by atoms with Crippen molar-refractivity contribution in [2.24, 2.45) is 11.8 Å². The Labute approximate surface area is 185 Å². The Bertz CT molecular complexity index is 1040. The molecule has 1 fully saturated rings. The minimum absolute atomic E-state index is 0.0288. The van der Waals surface area contributed by atoms with Crippen molar-refractivity contribution in [3.05, 3.63) is 53.6 Å². The molecule has 3 rings (SSSR count). The van der Waals surface area contributed by atoms with Crippen LogP contribution in [-0.2, 0) is 10.0 Å². The fourth-order valence-electron chi connectivity index (χ4n) is 4.27. The first kappa shape index (κ1) is 23.3. The third-order valence-corrected chi connectivity index (χ3v) is 7.56. The SMILES string of the molecule is COc1ccc(C(=O)Nc2ccccc2C(C)C)cc1S(=O)(=O)N1CC(C)CC(C)C1. The lowest BCUT2D eigenvalue weighted by atomic mass is 9.94. The van der Waals surface area contributed by atoms with Gasteiger partial charge < -0.3 is 10.1 Å². The van der Waals surface area contributed by atoms with E-state index in [0.29, 0.717) is 13.1 Å². The predicted molar refractivity (Wildman–Crippen MR) is 123 cm³/mol. The first-order valence-corrected chi connectivity index (χ1v) is 12.2. The highest BCUT2D eigenvalue weighted by Gasteiger charge is 2.34. The number of nitrogens with zero attached hydrogens (tertiary/aromatic N) is 1. The number of sulfonamides is 1. The molecule has 2 aromatic rings. The van der Waals surface area contributed by atoms with Gasteiger partial charge in [-0.1, -0.05) is 45.9 Å². The highest BCUT2D eigenvalue weighted by atomic mass is 32.2.